The molecular formula is C57H111NO5. The molecule has 0 saturated carbocycles. The lowest BCUT2D eigenvalue weighted by Gasteiger charge is -2.22. The molecular weight excluding hydrogens is 779 g/mol. The summed E-state index contributed by atoms with van der Waals surface area (Å²) in [7, 11) is 0. The van der Waals surface area contributed by atoms with Crippen LogP contribution in [0.4, 0.5) is 0 Å². The van der Waals surface area contributed by atoms with E-state index in [-0.39, 0.29) is 18.5 Å². The number of amides is 1. The second-order valence-electron chi connectivity index (χ2n) is 19.6. The summed E-state index contributed by atoms with van der Waals surface area (Å²) in [4.78, 5) is 24.4. The monoisotopic (exact) mass is 890 g/mol. The number of carbonyl (C=O) groups is 2. The average molecular weight is 891 g/mol. The normalized spacial score (nSPS) is 12.6. The maximum atomic E-state index is 12.4. The fourth-order valence-electron chi connectivity index (χ4n) is 8.93. The van der Waals surface area contributed by atoms with Crippen molar-refractivity contribution >= 4 is 11.9 Å². The van der Waals surface area contributed by atoms with Crippen molar-refractivity contribution in [2.45, 2.75) is 328 Å². The van der Waals surface area contributed by atoms with Crippen molar-refractivity contribution in [3.63, 3.8) is 0 Å². The van der Waals surface area contributed by atoms with Gasteiger partial charge in [-0.25, -0.2) is 0 Å². The van der Waals surface area contributed by atoms with Crippen molar-refractivity contribution in [3.8, 4) is 0 Å². The van der Waals surface area contributed by atoms with Crippen LogP contribution in [0.25, 0.3) is 0 Å². The number of carbonyl (C=O) groups excluding carboxylic acids is 2. The molecule has 6 heteroatoms. The van der Waals surface area contributed by atoms with E-state index in [1.807, 2.05) is 0 Å². The maximum Gasteiger partial charge on any atom is 0.305 e. The minimum absolute atomic E-state index is 0.0124. The number of aliphatic hydroxyl groups is 2. The Hall–Kier alpha value is -1.40. The van der Waals surface area contributed by atoms with E-state index in [0.717, 1.165) is 38.5 Å². The number of hydrogen-bond acceptors (Lipinski definition) is 5. The van der Waals surface area contributed by atoms with E-state index in [9.17, 15) is 19.8 Å². The lowest BCUT2D eigenvalue weighted by atomic mass is 10.0. The Labute approximate surface area is 393 Å². The Balaban J connectivity index is 3.39. The summed E-state index contributed by atoms with van der Waals surface area (Å²) in [5.41, 5.74) is 0. The van der Waals surface area contributed by atoms with Crippen LogP contribution in [0.15, 0.2) is 12.2 Å². The largest absolute Gasteiger partial charge is 0.466 e. The molecule has 0 spiro atoms. The van der Waals surface area contributed by atoms with Crippen molar-refractivity contribution in [1.82, 2.24) is 5.32 Å². The van der Waals surface area contributed by atoms with Crippen LogP contribution in [0.2, 0.25) is 0 Å². The van der Waals surface area contributed by atoms with Crippen LogP contribution in [0, 0.1) is 0 Å². The first-order valence-electron chi connectivity index (χ1n) is 28.4. The van der Waals surface area contributed by atoms with Gasteiger partial charge in [0.15, 0.2) is 0 Å². The lowest BCUT2D eigenvalue weighted by Crippen LogP contribution is -2.45. The van der Waals surface area contributed by atoms with Crippen LogP contribution in [0.3, 0.4) is 0 Å². The molecule has 6 nitrogen and oxygen atoms in total. The predicted octanol–water partition coefficient (Wildman–Crippen LogP) is 17.3. The van der Waals surface area contributed by atoms with Gasteiger partial charge in [-0.2, -0.15) is 0 Å². The van der Waals surface area contributed by atoms with Crippen LogP contribution in [-0.2, 0) is 14.3 Å². The predicted molar refractivity (Wildman–Crippen MR) is 273 cm³/mol. The summed E-state index contributed by atoms with van der Waals surface area (Å²) in [5.74, 6) is -0.0290. The van der Waals surface area contributed by atoms with E-state index in [1.54, 1.807) is 0 Å². The molecule has 0 aromatic rings. The number of ether oxygens (including phenoxy) is 1. The lowest BCUT2D eigenvalue weighted by molar-refractivity contribution is -0.143. The van der Waals surface area contributed by atoms with Gasteiger partial charge >= 0.3 is 5.97 Å². The zero-order chi connectivity index (χ0) is 45.8. The number of aliphatic hydroxyl groups excluding tert-OH is 2. The van der Waals surface area contributed by atoms with Crippen molar-refractivity contribution in [2.24, 2.45) is 0 Å². The smallest absolute Gasteiger partial charge is 0.305 e. The minimum Gasteiger partial charge on any atom is -0.466 e. The first-order chi connectivity index (χ1) is 31.0. The third-order valence-electron chi connectivity index (χ3n) is 13.3. The number of allylic oxidation sites excluding steroid dienone is 2. The number of nitrogens with one attached hydrogen (secondary N) is 1. The van der Waals surface area contributed by atoms with E-state index < -0.39 is 12.1 Å². The molecule has 0 fully saturated rings. The minimum atomic E-state index is -0.665. The second-order valence-corrected chi connectivity index (χ2v) is 19.6. The molecule has 0 aliphatic rings. The summed E-state index contributed by atoms with van der Waals surface area (Å²) in [6.45, 7) is 4.95. The Morgan fingerprint density at radius 2 is 0.746 bits per heavy atom. The Bertz CT molecular complexity index is 939. The Morgan fingerprint density at radius 1 is 0.429 bits per heavy atom. The van der Waals surface area contributed by atoms with Gasteiger partial charge in [0.25, 0.3) is 0 Å². The number of rotatable bonds is 53. The van der Waals surface area contributed by atoms with Crippen molar-refractivity contribution < 1.29 is 24.5 Å². The van der Waals surface area contributed by atoms with E-state index in [0.29, 0.717) is 25.9 Å². The Kier molecular flexibility index (Phi) is 52.0. The molecule has 1 amide bonds. The van der Waals surface area contributed by atoms with Gasteiger partial charge in [-0.1, -0.05) is 264 Å². The van der Waals surface area contributed by atoms with Gasteiger partial charge in [-0.05, 0) is 51.4 Å². The molecule has 0 bridgehead atoms. The highest BCUT2D eigenvalue weighted by Crippen LogP contribution is 2.17. The third kappa shape index (κ3) is 49.9. The number of unbranched alkanes of at least 4 members (excludes halogenated alkanes) is 40. The number of hydrogen-bond donors (Lipinski definition) is 3. The highest BCUT2D eigenvalue weighted by Gasteiger charge is 2.20. The molecule has 0 aliphatic heterocycles. The summed E-state index contributed by atoms with van der Waals surface area (Å²) in [6, 6.07) is -0.543. The fourth-order valence-corrected chi connectivity index (χ4v) is 8.93. The highest BCUT2D eigenvalue weighted by atomic mass is 16.5. The van der Waals surface area contributed by atoms with Crippen molar-refractivity contribution in [3.05, 3.63) is 12.2 Å². The van der Waals surface area contributed by atoms with E-state index in [2.05, 4.69) is 31.3 Å². The first kappa shape index (κ1) is 61.6. The van der Waals surface area contributed by atoms with Gasteiger partial charge in [0.05, 0.1) is 25.4 Å². The van der Waals surface area contributed by atoms with Gasteiger partial charge in [-0.3, -0.25) is 9.59 Å². The first-order valence-corrected chi connectivity index (χ1v) is 28.4. The molecule has 0 aromatic carbocycles. The SMILES string of the molecule is CCCCCCCCCCCCCCC(=O)OCCCCCCCCCCCCCC/C=C\CCCCCCCCCC(=O)NC(CO)C(O)CCCCCCCCCCCCC. The zero-order valence-corrected chi connectivity index (χ0v) is 42.6. The van der Waals surface area contributed by atoms with Crippen LogP contribution in [0.5, 0.6) is 0 Å². The van der Waals surface area contributed by atoms with Gasteiger partial charge in [0.1, 0.15) is 0 Å². The molecule has 374 valence electrons. The summed E-state index contributed by atoms with van der Waals surface area (Å²) in [5, 5.41) is 23.2. The zero-order valence-electron chi connectivity index (χ0n) is 42.6. The van der Waals surface area contributed by atoms with E-state index in [4.69, 9.17) is 4.74 Å². The van der Waals surface area contributed by atoms with Crippen LogP contribution < -0.4 is 5.32 Å². The molecule has 0 aliphatic carbocycles. The molecule has 0 rings (SSSR count). The molecule has 3 N–H and O–H groups in total. The highest BCUT2D eigenvalue weighted by molar-refractivity contribution is 5.76. The van der Waals surface area contributed by atoms with E-state index in [1.165, 1.54) is 244 Å². The average Bonchev–Trinajstić information content (AvgIpc) is 3.28. The Morgan fingerprint density at radius 3 is 1.13 bits per heavy atom. The second kappa shape index (κ2) is 53.2. The molecule has 0 heterocycles. The quantitative estimate of drug-likeness (QED) is 0.0321. The third-order valence-corrected chi connectivity index (χ3v) is 13.3. The van der Waals surface area contributed by atoms with Gasteiger partial charge < -0.3 is 20.3 Å². The topological polar surface area (TPSA) is 95.9 Å². The van der Waals surface area contributed by atoms with Crippen molar-refractivity contribution in [1.29, 1.82) is 0 Å². The number of esters is 1. The van der Waals surface area contributed by atoms with Crippen molar-refractivity contribution in [2.75, 3.05) is 13.2 Å². The van der Waals surface area contributed by atoms with Crippen LogP contribution >= 0.6 is 0 Å². The van der Waals surface area contributed by atoms with E-state index >= 15 is 0 Å². The standard InChI is InChI=1S/C57H111NO5/c1-3-5-7-9-11-13-15-31-35-39-43-47-51-57(62)63-52-48-44-40-36-32-28-26-24-22-20-18-16-17-19-21-23-25-27-30-34-38-42-46-50-56(61)58-54(53-59)55(60)49-45-41-37-33-29-14-12-10-8-6-4-2/h19,21,54-55,59-60H,3-18,20,22-53H2,1-2H3,(H,58,61)/b21-19-. The van der Waals surface area contributed by atoms with Gasteiger partial charge in [0.2, 0.25) is 5.91 Å². The van der Waals surface area contributed by atoms with Gasteiger partial charge in [0, 0.05) is 12.8 Å². The maximum absolute atomic E-state index is 12.4. The molecule has 0 aromatic heterocycles. The summed E-state index contributed by atoms with van der Waals surface area (Å²) < 4.78 is 5.47. The molecule has 0 saturated heterocycles. The van der Waals surface area contributed by atoms with Crippen LogP contribution in [0.1, 0.15) is 316 Å². The van der Waals surface area contributed by atoms with Gasteiger partial charge in [-0.15, -0.1) is 0 Å². The molecule has 63 heavy (non-hydrogen) atoms. The molecule has 2 atom stereocenters. The molecule has 2 unspecified atom stereocenters. The van der Waals surface area contributed by atoms with Crippen LogP contribution in [-0.4, -0.2) is 47.4 Å². The summed E-state index contributed by atoms with van der Waals surface area (Å²) in [6.07, 6.45) is 62.1. The summed E-state index contributed by atoms with van der Waals surface area (Å²) >= 11 is 0. The molecule has 0 radical (unpaired) electrons. The fraction of sp³-hybridized carbons (Fsp3) is 0.930.